The van der Waals surface area contributed by atoms with Crippen LogP contribution in [0.4, 0.5) is 5.69 Å². The van der Waals surface area contributed by atoms with Crippen LogP contribution in [0.1, 0.15) is 45.7 Å². The summed E-state index contributed by atoms with van der Waals surface area (Å²) in [5, 5.41) is 80.0. The number of ketones is 1. The van der Waals surface area contributed by atoms with Crippen molar-refractivity contribution in [3.05, 3.63) is 87.8 Å². The molecule has 0 spiro atoms. The van der Waals surface area contributed by atoms with Gasteiger partial charge in [0.15, 0.2) is 18.2 Å². The summed E-state index contributed by atoms with van der Waals surface area (Å²) < 4.78 is 29.4. The topological polar surface area (TPSA) is 283 Å². The zero-order chi connectivity index (χ0) is 37.3. The van der Waals surface area contributed by atoms with Crippen molar-refractivity contribution in [2.75, 3.05) is 6.54 Å². The van der Waals surface area contributed by atoms with Crippen molar-refractivity contribution in [3.8, 4) is 23.0 Å². The molecule has 6 rings (SSSR count). The van der Waals surface area contributed by atoms with E-state index in [0.29, 0.717) is 5.56 Å². The van der Waals surface area contributed by atoms with Crippen LogP contribution in [0.2, 0.25) is 0 Å². The zero-order valence-electron chi connectivity index (χ0n) is 27.4. The number of benzene rings is 3. The van der Waals surface area contributed by atoms with Crippen LogP contribution in [0, 0.1) is 0 Å². The van der Waals surface area contributed by atoms with Crippen LogP contribution in [0.25, 0.3) is 10.4 Å². The number of aliphatic hydroxyl groups is 5. The van der Waals surface area contributed by atoms with Gasteiger partial charge in [0.05, 0.1) is 12.5 Å². The van der Waals surface area contributed by atoms with Crippen LogP contribution < -0.4 is 14.8 Å². The number of amides is 1. The molecule has 276 valence electrons. The van der Waals surface area contributed by atoms with E-state index >= 15 is 0 Å². The number of fused-ring (bicyclic) bond motifs is 1. The molecule has 2 fully saturated rings. The Bertz CT molecular complexity index is 1820. The second-order valence-electron chi connectivity index (χ2n) is 12.5. The lowest BCUT2D eigenvalue weighted by molar-refractivity contribution is -0.352. The van der Waals surface area contributed by atoms with Crippen molar-refractivity contribution in [2.45, 2.75) is 80.9 Å². The van der Waals surface area contributed by atoms with E-state index in [4.69, 9.17) is 29.2 Å². The number of nitrogens with one attached hydrogen (secondary N) is 1. The van der Waals surface area contributed by atoms with Gasteiger partial charge in [-0.25, -0.2) is 0 Å². The minimum atomic E-state index is -1.83. The second kappa shape index (κ2) is 15.3. The first kappa shape index (κ1) is 36.8. The quantitative estimate of drug-likeness (QED) is 0.0875. The molecule has 0 unspecified atom stereocenters. The number of rotatable bonds is 9. The van der Waals surface area contributed by atoms with Crippen molar-refractivity contribution in [1.29, 1.82) is 0 Å². The number of hydrogen-bond acceptors (Lipinski definition) is 15. The fourth-order valence-corrected chi connectivity index (χ4v) is 6.11. The smallest absolute Gasteiger partial charge is 0.251 e. The van der Waals surface area contributed by atoms with Crippen LogP contribution in [0.15, 0.2) is 65.8 Å². The van der Waals surface area contributed by atoms with Crippen LogP contribution in [0.3, 0.4) is 0 Å². The first-order valence-corrected chi connectivity index (χ1v) is 16.2. The molecular weight excluding hydrogens is 688 g/mol. The SMILES string of the molecule is C[C@@H]1O[C@@H](O[C@H]2[C@H](Oc3cc(O)c4c(c3)O[C@H](c3ccc(O)cc3)CC4=O)O[C@H](CNC(=O)c3ccc(N=[N+]=[N-])cc3)[C@@H](O)[C@@H]2O)[C@H](O)[C@H](O)[C@H]1O. The van der Waals surface area contributed by atoms with Gasteiger partial charge in [0.25, 0.3) is 5.91 Å². The lowest BCUT2D eigenvalue weighted by Crippen LogP contribution is -2.65. The summed E-state index contributed by atoms with van der Waals surface area (Å²) in [6.07, 6.45) is -16.7. The molecule has 0 saturated carbocycles. The molecule has 0 aromatic heterocycles. The number of azide groups is 1. The second-order valence-corrected chi connectivity index (χ2v) is 12.5. The Morgan fingerprint density at radius 1 is 0.923 bits per heavy atom. The van der Waals surface area contributed by atoms with Crippen molar-refractivity contribution in [3.63, 3.8) is 0 Å². The number of ether oxygens (including phenoxy) is 5. The van der Waals surface area contributed by atoms with E-state index in [1.54, 1.807) is 12.1 Å². The number of Topliss-reactive ketones (excluding diaryl/α,β-unsaturated/α-hetero) is 1. The summed E-state index contributed by atoms with van der Waals surface area (Å²) in [6.45, 7) is 1.05. The molecule has 3 aliphatic heterocycles. The number of aliphatic hydroxyl groups excluding tert-OH is 5. The van der Waals surface area contributed by atoms with Gasteiger partial charge >= 0.3 is 0 Å². The van der Waals surface area contributed by atoms with Gasteiger partial charge in [-0.1, -0.05) is 29.4 Å². The number of nitrogens with zero attached hydrogens (tertiary/aromatic N) is 3. The summed E-state index contributed by atoms with van der Waals surface area (Å²) in [6, 6.07) is 14.1. The molecule has 8 N–H and O–H groups in total. The zero-order valence-corrected chi connectivity index (χ0v) is 27.4. The Morgan fingerprint density at radius 2 is 1.63 bits per heavy atom. The normalized spacial score (nSPS) is 31.4. The molecular formula is C34H36N4O14. The van der Waals surface area contributed by atoms with Crippen LogP contribution in [-0.2, 0) is 14.2 Å². The van der Waals surface area contributed by atoms with Gasteiger partial charge in [-0.15, -0.1) is 0 Å². The molecule has 3 aliphatic rings. The number of carbonyl (C=O) groups is 2. The molecule has 1 amide bonds. The highest BCUT2D eigenvalue weighted by Crippen LogP contribution is 2.43. The first-order chi connectivity index (χ1) is 24.8. The minimum Gasteiger partial charge on any atom is -0.508 e. The largest absolute Gasteiger partial charge is 0.508 e. The maximum Gasteiger partial charge on any atom is 0.251 e. The summed E-state index contributed by atoms with van der Waals surface area (Å²) in [5.41, 5.74) is 9.53. The summed E-state index contributed by atoms with van der Waals surface area (Å²) in [7, 11) is 0. The summed E-state index contributed by atoms with van der Waals surface area (Å²) in [5.74, 6) is -1.71. The summed E-state index contributed by atoms with van der Waals surface area (Å²) >= 11 is 0. The molecule has 2 saturated heterocycles. The Labute approximate surface area is 295 Å². The molecule has 3 heterocycles. The van der Waals surface area contributed by atoms with E-state index < -0.39 is 85.0 Å². The molecule has 0 aliphatic carbocycles. The Kier molecular flexibility index (Phi) is 10.8. The van der Waals surface area contributed by atoms with Crippen LogP contribution in [0.5, 0.6) is 23.0 Å². The van der Waals surface area contributed by atoms with Crippen LogP contribution in [-0.4, -0.2) is 115 Å². The lowest BCUT2D eigenvalue weighted by Gasteiger charge is -2.46. The number of phenols is 2. The highest BCUT2D eigenvalue weighted by Gasteiger charge is 2.51. The molecule has 3 aromatic rings. The van der Waals surface area contributed by atoms with Crippen molar-refractivity contribution in [1.82, 2.24) is 5.32 Å². The van der Waals surface area contributed by atoms with Gasteiger partial charge in [0, 0.05) is 34.8 Å². The maximum atomic E-state index is 13.1. The molecule has 11 atom stereocenters. The van der Waals surface area contributed by atoms with E-state index in [9.17, 15) is 45.3 Å². The Balaban J connectivity index is 1.25. The number of phenolic OH excluding ortho intramolecular Hbond substituents is 2. The van der Waals surface area contributed by atoms with Gasteiger partial charge in [0.2, 0.25) is 6.29 Å². The standard InChI is InChI=1S/C34H36N4O14/c1-14-26(42)28(44)30(46)33(48-14)52-31-29(45)27(43)24(13-36-32(47)16-2-6-17(7-3-16)37-38-35)51-34(31)49-19-10-20(40)25-21(41)12-22(50-23(25)11-19)15-4-8-18(39)9-5-15/h2-11,14,22,24,26-31,33-34,39-40,42-46H,12-13H2,1H3,(H,36,47)/t14-,22-,24+,26-,27+,28+,29-,30+,31+,33-,34+/m0/s1. The summed E-state index contributed by atoms with van der Waals surface area (Å²) in [4.78, 5) is 28.6. The van der Waals surface area contributed by atoms with Crippen LogP contribution >= 0.6 is 0 Å². The Hall–Kier alpha value is -5.01. The average molecular weight is 725 g/mol. The maximum absolute atomic E-state index is 13.1. The van der Waals surface area contributed by atoms with Gasteiger partial charge in [-0.05, 0) is 42.3 Å². The third kappa shape index (κ3) is 7.61. The predicted molar refractivity (Wildman–Crippen MR) is 175 cm³/mol. The third-order valence-corrected chi connectivity index (χ3v) is 8.99. The number of aromatic hydroxyl groups is 2. The molecule has 52 heavy (non-hydrogen) atoms. The minimum absolute atomic E-state index is 0.0150. The fraction of sp³-hybridized carbons (Fsp3) is 0.412. The van der Waals surface area contributed by atoms with E-state index in [2.05, 4.69) is 15.3 Å². The van der Waals surface area contributed by atoms with Gasteiger partial charge in [-0.2, -0.15) is 0 Å². The first-order valence-electron chi connectivity index (χ1n) is 16.2. The average Bonchev–Trinajstić information content (AvgIpc) is 3.12. The third-order valence-electron chi connectivity index (χ3n) is 8.99. The lowest BCUT2D eigenvalue weighted by atomic mass is 9.95. The van der Waals surface area contributed by atoms with E-state index in [1.807, 2.05) is 0 Å². The monoisotopic (exact) mass is 724 g/mol. The van der Waals surface area contributed by atoms with Crippen molar-refractivity contribution >= 4 is 17.4 Å². The fourth-order valence-electron chi connectivity index (χ4n) is 6.11. The molecule has 18 nitrogen and oxygen atoms in total. The van der Waals surface area contributed by atoms with E-state index in [1.165, 1.54) is 49.4 Å². The molecule has 3 aromatic carbocycles. The number of carbonyl (C=O) groups excluding carboxylic acids is 2. The van der Waals surface area contributed by atoms with E-state index in [-0.39, 0.29) is 47.0 Å². The van der Waals surface area contributed by atoms with Gasteiger partial charge < -0.3 is 64.7 Å². The Morgan fingerprint density at radius 3 is 2.33 bits per heavy atom. The van der Waals surface area contributed by atoms with Crippen molar-refractivity contribution in [2.24, 2.45) is 5.11 Å². The highest BCUT2D eigenvalue weighted by atomic mass is 16.8. The molecule has 18 heteroatoms. The van der Waals surface area contributed by atoms with Crippen molar-refractivity contribution < 1.29 is 69.0 Å². The van der Waals surface area contributed by atoms with Gasteiger partial charge in [-0.3, -0.25) is 9.59 Å². The molecule has 0 bridgehead atoms. The number of hydrogen-bond donors (Lipinski definition) is 8. The highest BCUT2D eigenvalue weighted by molar-refractivity contribution is 6.02. The van der Waals surface area contributed by atoms with E-state index in [0.717, 1.165) is 6.07 Å². The molecule has 0 radical (unpaired) electrons. The van der Waals surface area contributed by atoms with Gasteiger partial charge in [0.1, 0.15) is 71.3 Å². The predicted octanol–water partition coefficient (Wildman–Crippen LogP) is 1.21.